The fourth-order valence-corrected chi connectivity index (χ4v) is 2.47. The van der Waals surface area contributed by atoms with Crippen molar-refractivity contribution in [2.45, 2.75) is 19.1 Å². The average molecular weight is 273 g/mol. The fraction of sp³-hybridized carbons (Fsp3) is 0.286. The van der Waals surface area contributed by atoms with Crippen LogP contribution in [0.1, 0.15) is 5.56 Å². The fourth-order valence-electron chi connectivity index (χ4n) is 2.47. The second kappa shape index (κ2) is 4.56. The van der Waals surface area contributed by atoms with Crippen LogP contribution in [0.15, 0.2) is 40.1 Å². The van der Waals surface area contributed by atoms with E-state index in [1.807, 2.05) is 24.3 Å². The molecule has 0 aliphatic carbocycles. The summed E-state index contributed by atoms with van der Waals surface area (Å²) in [6, 6.07) is 7.70. The topological polar surface area (TPSA) is 79.2 Å². The van der Waals surface area contributed by atoms with Gasteiger partial charge in [-0.15, -0.1) is 0 Å². The summed E-state index contributed by atoms with van der Waals surface area (Å²) in [5, 5.41) is 0. The molecule has 2 heterocycles. The van der Waals surface area contributed by atoms with Crippen molar-refractivity contribution in [3.8, 4) is 5.75 Å². The molecule has 6 heteroatoms. The zero-order valence-corrected chi connectivity index (χ0v) is 11.1. The predicted molar refractivity (Wildman–Crippen MR) is 74.9 cm³/mol. The molecular weight excluding hydrogens is 258 g/mol. The van der Waals surface area contributed by atoms with Gasteiger partial charge in [0.1, 0.15) is 17.5 Å². The van der Waals surface area contributed by atoms with E-state index in [1.54, 1.807) is 7.05 Å². The van der Waals surface area contributed by atoms with Gasteiger partial charge in [0, 0.05) is 19.7 Å². The first-order chi connectivity index (χ1) is 9.56. The summed E-state index contributed by atoms with van der Waals surface area (Å²) < 4.78 is 8.19. The highest BCUT2D eigenvalue weighted by molar-refractivity contribution is 5.37. The Morgan fingerprint density at radius 2 is 2.10 bits per heavy atom. The van der Waals surface area contributed by atoms with Crippen molar-refractivity contribution in [2.24, 2.45) is 7.05 Å². The molecule has 3 rings (SSSR count). The summed E-state index contributed by atoms with van der Waals surface area (Å²) in [5.74, 6) is 0.811. The van der Waals surface area contributed by atoms with Crippen molar-refractivity contribution < 1.29 is 4.74 Å². The largest absolute Gasteiger partial charge is 0.488 e. The summed E-state index contributed by atoms with van der Waals surface area (Å²) in [5.41, 5.74) is 5.91. The van der Waals surface area contributed by atoms with Crippen LogP contribution in [0.4, 0.5) is 5.69 Å². The number of benzene rings is 1. The molecule has 0 amide bonds. The Kier molecular flexibility index (Phi) is 2.85. The third-order valence-corrected chi connectivity index (χ3v) is 3.46. The Morgan fingerprint density at radius 3 is 2.85 bits per heavy atom. The van der Waals surface area contributed by atoms with Crippen LogP contribution in [0.2, 0.25) is 0 Å². The Bertz CT molecular complexity index is 717. The van der Waals surface area contributed by atoms with Crippen LogP contribution in [0, 0.1) is 0 Å². The van der Waals surface area contributed by atoms with Gasteiger partial charge in [0.05, 0.1) is 6.54 Å². The van der Waals surface area contributed by atoms with Crippen molar-refractivity contribution in [2.75, 3.05) is 5.73 Å². The highest BCUT2D eigenvalue weighted by Gasteiger charge is 2.24. The Morgan fingerprint density at radius 1 is 1.35 bits per heavy atom. The third-order valence-electron chi connectivity index (χ3n) is 3.46. The molecule has 0 saturated heterocycles. The first-order valence-corrected chi connectivity index (χ1v) is 6.37. The van der Waals surface area contributed by atoms with Gasteiger partial charge in [-0.25, -0.2) is 4.79 Å². The van der Waals surface area contributed by atoms with Crippen molar-refractivity contribution in [3.63, 3.8) is 0 Å². The summed E-state index contributed by atoms with van der Waals surface area (Å²) in [6.45, 7) is 0.200. The number of anilines is 1. The molecule has 1 atom stereocenters. The Labute approximate surface area is 115 Å². The molecule has 104 valence electrons. The van der Waals surface area contributed by atoms with Crippen molar-refractivity contribution >= 4 is 5.69 Å². The van der Waals surface area contributed by atoms with Crippen LogP contribution in [0.5, 0.6) is 5.75 Å². The minimum atomic E-state index is -0.465. The maximum Gasteiger partial charge on any atom is 0.330 e. The van der Waals surface area contributed by atoms with E-state index in [1.165, 1.54) is 10.8 Å². The van der Waals surface area contributed by atoms with Crippen LogP contribution in [0.25, 0.3) is 0 Å². The van der Waals surface area contributed by atoms with Gasteiger partial charge in [-0.1, -0.05) is 18.2 Å². The average Bonchev–Trinajstić information content (AvgIpc) is 2.84. The molecule has 2 N–H and O–H groups in total. The first kappa shape index (κ1) is 12.5. The lowest BCUT2D eigenvalue weighted by Gasteiger charge is -2.13. The summed E-state index contributed by atoms with van der Waals surface area (Å²) in [6.07, 6.45) is 1.80. The molecule has 0 spiro atoms. The van der Waals surface area contributed by atoms with E-state index in [0.717, 1.165) is 15.9 Å². The van der Waals surface area contributed by atoms with Crippen molar-refractivity contribution in [1.82, 2.24) is 9.13 Å². The van der Waals surface area contributed by atoms with Crippen LogP contribution in [0.3, 0.4) is 0 Å². The number of rotatable bonds is 2. The lowest BCUT2D eigenvalue weighted by atomic mass is 10.1. The van der Waals surface area contributed by atoms with E-state index >= 15 is 0 Å². The first-order valence-electron chi connectivity index (χ1n) is 6.37. The highest BCUT2D eigenvalue weighted by atomic mass is 16.5. The standard InChI is InChI=1S/C14H15N3O3/c1-16-8-11(15)13(18)17(14(16)19)7-10-6-9-4-2-3-5-12(9)20-10/h2-5,8,10H,6-7,15H2,1H3. The Hall–Kier alpha value is -2.50. The summed E-state index contributed by atoms with van der Waals surface area (Å²) >= 11 is 0. The van der Waals surface area contributed by atoms with E-state index in [0.29, 0.717) is 6.42 Å². The van der Waals surface area contributed by atoms with Gasteiger partial charge in [-0.2, -0.15) is 0 Å². The van der Waals surface area contributed by atoms with E-state index < -0.39 is 5.56 Å². The number of hydrogen-bond acceptors (Lipinski definition) is 4. The minimum Gasteiger partial charge on any atom is -0.488 e. The molecule has 0 bridgehead atoms. The number of aromatic nitrogens is 2. The molecule has 1 aliphatic heterocycles. The van der Waals surface area contributed by atoms with E-state index in [-0.39, 0.29) is 24.0 Å². The van der Waals surface area contributed by atoms with Gasteiger partial charge in [-0.3, -0.25) is 9.36 Å². The molecular formula is C14H15N3O3. The number of aryl methyl sites for hydroxylation is 1. The van der Waals surface area contributed by atoms with Gasteiger partial charge in [-0.05, 0) is 11.6 Å². The van der Waals surface area contributed by atoms with Crippen LogP contribution < -0.4 is 21.7 Å². The molecule has 6 nitrogen and oxygen atoms in total. The van der Waals surface area contributed by atoms with E-state index in [2.05, 4.69) is 0 Å². The van der Waals surface area contributed by atoms with E-state index in [9.17, 15) is 9.59 Å². The van der Waals surface area contributed by atoms with Gasteiger partial charge < -0.3 is 15.0 Å². The number of hydrogen-bond donors (Lipinski definition) is 1. The quantitative estimate of drug-likeness (QED) is 0.843. The number of fused-ring (bicyclic) bond motifs is 1. The molecule has 1 unspecified atom stereocenters. The van der Waals surface area contributed by atoms with Crippen LogP contribution in [-0.2, 0) is 20.0 Å². The highest BCUT2D eigenvalue weighted by Crippen LogP contribution is 2.28. The van der Waals surface area contributed by atoms with Crippen molar-refractivity contribution in [3.05, 3.63) is 56.9 Å². The maximum atomic E-state index is 12.0. The lowest BCUT2D eigenvalue weighted by Crippen LogP contribution is -2.43. The second-order valence-electron chi connectivity index (χ2n) is 4.95. The molecule has 0 radical (unpaired) electrons. The SMILES string of the molecule is Cn1cc(N)c(=O)n(CC2Cc3ccccc3O2)c1=O. The molecule has 0 fully saturated rings. The van der Waals surface area contributed by atoms with Gasteiger partial charge >= 0.3 is 5.69 Å². The maximum absolute atomic E-state index is 12.0. The van der Waals surface area contributed by atoms with E-state index in [4.69, 9.17) is 10.5 Å². The zero-order valence-electron chi connectivity index (χ0n) is 11.1. The minimum absolute atomic E-state index is 0.0580. The molecule has 1 aromatic carbocycles. The normalized spacial score (nSPS) is 16.8. The van der Waals surface area contributed by atoms with Crippen LogP contribution in [-0.4, -0.2) is 15.2 Å². The molecule has 20 heavy (non-hydrogen) atoms. The second-order valence-corrected chi connectivity index (χ2v) is 4.95. The zero-order chi connectivity index (χ0) is 14.3. The Balaban J connectivity index is 1.92. The van der Waals surface area contributed by atoms with Gasteiger partial charge in [0.15, 0.2) is 0 Å². The number of nitrogens with zero attached hydrogens (tertiary/aromatic N) is 2. The predicted octanol–water partition coefficient (Wildman–Crippen LogP) is 0.133. The third kappa shape index (κ3) is 1.99. The molecule has 1 aliphatic rings. The van der Waals surface area contributed by atoms with Crippen LogP contribution >= 0.6 is 0 Å². The number of nitrogen functional groups attached to an aromatic ring is 1. The smallest absolute Gasteiger partial charge is 0.330 e. The van der Waals surface area contributed by atoms with Gasteiger partial charge in [0.2, 0.25) is 0 Å². The lowest BCUT2D eigenvalue weighted by molar-refractivity contribution is 0.204. The van der Waals surface area contributed by atoms with Crippen molar-refractivity contribution in [1.29, 1.82) is 0 Å². The monoisotopic (exact) mass is 273 g/mol. The number of para-hydroxylation sites is 1. The molecule has 1 aromatic heterocycles. The number of nitrogens with two attached hydrogens (primary N) is 1. The summed E-state index contributed by atoms with van der Waals surface area (Å²) in [7, 11) is 1.57. The summed E-state index contributed by atoms with van der Waals surface area (Å²) in [4.78, 5) is 24.0. The molecule has 0 saturated carbocycles. The number of ether oxygens (including phenoxy) is 1. The molecule has 2 aromatic rings. The van der Waals surface area contributed by atoms with Gasteiger partial charge in [0.25, 0.3) is 5.56 Å².